The van der Waals surface area contributed by atoms with Gasteiger partial charge < -0.3 is 43.6 Å². The maximum Gasteiger partial charge on any atom is 0.133 e. The smallest absolute Gasteiger partial charge is 0.133 e. The van der Waals surface area contributed by atoms with Gasteiger partial charge in [-0.1, -0.05) is 311 Å². The molecule has 12 aliphatic heterocycles. The minimum Gasteiger partial charge on any atom is -0.381 e. The molecule has 0 aromatic heterocycles. The molecule has 0 amide bonds. The summed E-state index contributed by atoms with van der Waals surface area (Å²) in [6, 6.07) is 2.90. The molecule has 5 saturated carbocycles. The molecule has 5 aliphatic carbocycles. The molecule has 812 valence electrons. The Kier molecular flexibility index (Phi) is 83.2. The number of fused-ring (bicyclic) bond motifs is 7. The van der Waals surface area contributed by atoms with Gasteiger partial charge in [0.15, 0.2) is 0 Å². The van der Waals surface area contributed by atoms with Crippen molar-refractivity contribution < 1.29 is 18.6 Å². The van der Waals surface area contributed by atoms with Gasteiger partial charge in [0.25, 0.3) is 0 Å². The average Bonchev–Trinajstić information content (AvgIpc) is 1.68. The van der Waals surface area contributed by atoms with E-state index in [1.807, 2.05) is 27.7 Å². The van der Waals surface area contributed by atoms with E-state index in [1.165, 1.54) is 368 Å². The second-order valence-electron chi connectivity index (χ2n) is 50.4. The summed E-state index contributed by atoms with van der Waals surface area (Å²) in [6.07, 6.45) is 54.6. The van der Waals surface area contributed by atoms with Crippen LogP contribution in [-0.4, -0.2) is 266 Å². The maximum atomic E-state index is 12.9. The molecule has 135 heavy (non-hydrogen) atoms. The molecular formula is C122H254FN9O3. The highest BCUT2D eigenvalue weighted by molar-refractivity contribution is 4.99. The van der Waals surface area contributed by atoms with Gasteiger partial charge in [-0.15, -0.1) is 0 Å². The fourth-order valence-electron chi connectivity index (χ4n) is 23.2. The quantitative estimate of drug-likeness (QED) is 0.0979. The van der Waals surface area contributed by atoms with Crippen LogP contribution in [0.4, 0.5) is 4.39 Å². The first kappa shape index (κ1) is 134. The molecule has 0 radical (unpaired) electrons. The summed E-state index contributed by atoms with van der Waals surface area (Å²) in [5.74, 6) is 15.4. The summed E-state index contributed by atoms with van der Waals surface area (Å²) < 4.78 is 27.7. The van der Waals surface area contributed by atoms with Crippen molar-refractivity contribution >= 4 is 0 Å². The fraction of sp³-hybridized carbons (Fsp3) is 1.00. The Morgan fingerprint density at radius 3 is 0.889 bits per heavy atom. The molecule has 8 unspecified atom stereocenters. The monoisotopic (exact) mass is 1910 g/mol. The lowest BCUT2D eigenvalue weighted by Crippen LogP contribution is -2.57. The van der Waals surface area contributed by atoms with Crippen LogP contribution in [0, 0.1) is 106 Å². The van der Waals surface area contributed by atoms with Crippen LogP contribution in [0.1, 0.15) is 466 Å². The standard InChI is InChI=1S/4C11H21N.C10H19N.C9H19N.C8H16FN.C7H15N.C6H15N.2C6H14.C5H10.C5H12.3C4H8O.2C2H6/c1-9(2)6-12-7-10-3-4-11(5-10)8-12;1-9(2)6-12-7-10-4-3-5-11(10)8-12;1-9(2)8-12-10-4-3-5-11(12)7-6-10;1-10(2)7-12-8-11(9-12)5-3-4-6-11;1-8(2)6-11-7-9-3-4-10(11)5-9;1-9(2)8-10-6-4-3-5-7-10;1-7(2)4-10-5-8(3,9)6-10;1-7(2)6-8-4-3-5-8;1-6(2)5-7(3)4;2*1-4-5-6(2)3;1-2-4-5-3-1;1-4-5(2)3;3*1-2-4-5-3-1;2*1-2/h3*9-11H,3-8H2,1-2H3;10H,3-9H2,1-2H3;8-10H,3-7H2,1-2H3;9H,3-8H2,1-2H3;7H,4-6H2,1-3H3;7H,3-6H2,1-2H3;6H,5H2,1-4H3;2*6H,4-5H2,1-3H3;1-5H2;5H,4H2,1-3H3;3*1-4H2;2*1-2H3. The second-order valence-corrected chi connectivity index (χ2v) is 50.4. The highest BCUT2D eigenvalue weighted by Crippen LogP contribution is 2.46. The van der Waals surface area contributed by atoms with Crippen molar-refractivity contribution in [3.8, 4) is 0 Å². The minimum atomic E-state index is -0.894. The van der Waals surface area contributed by atoms with Crippen LogP contribution in [0.15, 0.2) is 0 Å². The van der Waals surface area contributed by atoms with Crippen LogP contribution in [0.25, 0.3) is 0 Å². The molecule has 17 aliphatic rings. The Bertz CT molecular complexity index is 2350. The summed E-state index contributed by atoms with van der Waals surface area (Å²) >= 11 is 0. The molecule has 8 atom stereocenters. The van der Waals surface area contributed by atoms with Crippen molar-refractivity contribution in [3.05, 3.63) is 0 Å². The molecule has 1 spiro atoms. The Balaban J connectivity index is 0.00000143. The van der Waals surface area contributed by atoms with Gasteiger partial charge in [-0.2, -0.15) is 0 Å². The summed E-state index contributed by atoms with van der Waals surface area (Å²) in [6.45, 7) is 105. The van der Waals surface area contributed by atoms with Gasteiger partial charge in [0, 0.05) is 169 Å². The average molecular weight is 1910 g/mol. The van der Waals surface area contributed by atoms with Crippen molar-refractivity contribution in [2.45, 2.75) is 489 Å². The highest BCUT2D eigenvalue weighted by atomic mass is 19.1. The molecule has 13 heteroatoms. The Morgan fingerprint density at radius 2 is 0.615 bits per heavy atom. The van der Waals surface area contributed by atoms with Crippen molar-refractivity contribution in [2.24, 2.45) is 106 Å². The van der Waals surface area contributed by atoms with Gasteiger partial charge >= 0.3 is 0 Å². The van der Waals surface area contributed by atoms with Crippen molar-refractivity contribution in [2.75, 3.05) is 198 Å². The number of halogens is 1. The van der Waals surface area contributed by atoms with Gasteiger partial charge in [-0.25, -0.2) is 4.39 Å². The third-order valence-corrected chi connectivity index (χ3v) is 29.1. The predicted octanol–water partition coefficient (Wildman–Crippen LogP) is 31.8. The van der Waals surface area contributed by atoms with E-state index in [0.29, 0.717) is 19.0 Å². The number of piperidine rings is 4. The van der Waals surface area contributed by atoms with E-state index < -0.39 is 5.67 Å². The number of alkyl halides is 1. The van der Waals surface area contributed by atoms with Crippen LogP contribution in [0.2, 0.25) is 0 Å². The van der Waals surface area contributed by atoms with E-state index in [4.69, 9.17) is 14.2 Å². The maximum absolute atomic E-state index is 12.9. The first-order valence-corrected chi connectivity index (χ1v) is 60.1. The highest BCUT2D eigenvalue weighted by Gasteiger charge is 2.45. The van der Waals surface area contributed by atoms with Crippen molar-refractivity contribution in [1.82, 2.24) is 44.1 Å². The molecule has 12 saturated heterocycles. The Labute approximate surface area is 850 Å². The van der Waals surface area contributed by atoms with Crippen molar-refractivity contribution in [1.29, 1.82) is 0 Å². The fourth-order valence-corrected chi connectivity index (χ4v) is 23.2. The lowest BCUT2D eigenvalue weighted by atomic mass is 9.78. The SMILES string of the molecule is C1CCCC1.C1CCOC1.C1CCOC1.C1CCOC1.CC.CC.CC(C)CN(C)C.CC(C)CN1C2CCCC1CC2.CC(C)CN1CC(C)(F)C1.CC(C)CN1CC2(CCCC2)C1.CC(C)CN1CC2CCC(C2)C1.CC(C)CN1CC2CCC1C2.CC(C)CN1CC2CCCC2C1.CC(C)CN1CCC1.CC(C)CN1CCCCC1.CCC(C)C.CCCC(C)C.CCCC(C)C. The van der Waals surface area contributed by atoms with Crippen LogP contribution >= 0.6 is 0 Å². The van der Waals surface area contributed by atoms with Crippen LogP contribution < -0.4 is 0 Å². The molecule has 17 rings (SSSR count). The van der Waals surface area contributed by atoms with Gasteiger partial charge in [0.1, 0.15) is 5.67 Å². The molecule has 12 heterocycles. The number of hydrogen-bond donors (Lipinski definition) is 0. The first-order valence-electron chi connectivity index (χ1n) is 60.1. The van der Waals surface area contributed by atoms with Gasteiger partial charge in [0.05, 0.1) is 0 Å². The molecule has 0 aromatic rings. The normalized spacial score (nSPS) is 25.4. The van der Waals surface area contributed by atoms with E-state index >= 15 is 0 Å². The number of nitrogens with zero attached hydrogens (tertiary/aromatic N) is 9. The van der Waals surface area contributed by atoms with E-state index in [9.17, 15) is 4.39 Å². The van der Waals surface area contributed by atoms with Gasteiger partial charge in [0.2, 0.25) is 0 Å². The zero-order valence-corrected chi connectivity index (χ0v) is 98.8. The molecular weight excluding hydrogens is 1660 g/mol. The number of rotatable bonds is 23. The minimum absolute atomic E-state index is 0.630. The molecule has 0 N–H and O–H groups in total. The van der Waals surface area contributed by atoms with Crippen molar-refractivity contribution in [3.63, 3.8) is 0 Å². The third-order valence-electron chi connectivity index (χ3n) is 29.1. The van der Waals surface area contributed by atoms with E-state index in [0.717, 1.165) is 164 Å². The zero-order valence-electron chi connectivity index (χ0n) is 98.8. The lowest BCUT2D eigenvalue weighted by molar-refractivity contribution is -0.0232. The molecule has 12 nitrogen and oxygen atoms in total. The summed E-state index contributed by atoms with van der Waals surface area (Å²) in [5, 5.41) is 0. The molecule has 17 fully saturated rings. The Morgan fingerprint density at radius 1 is 0.296 bits per heavy atom. The molecule has 6 bridgehead atoms. The van der Waals surface area contributed by atoms with E-state index in [-0.39, 0.29) is 0 Å². The predicted molar refractivity (Wildman–Crippen MR) is 602 cm³/mol. The van der Waals surface area contributed by atoms with Crippen LogP contribution in [-0.2, 0) is 14.2 Å². The summed E-state index contributed by atoms with van der Waals surface area (Å²) in [4.78, 5) is 23.0. The lowest BCUT2D eigenvalue weighted by Gasteiger charge is -2.49. The van der Waals surface area contributed by atoms with Crippen LogP contribution in [0.3, 0.4) is 0 Å². The summed E-state index contributed by atoms with van der Waals surface area (Å²) in [7, 11) is 4.19. The van der Waals surface area contributed by atoms with Gasteiger partial charge in [-0.3, -0.25) is 14.7 Å². The Hall–Kier alpha value is -0.550. The number of ether oxygens (including phenoxy) is 3. The zero-order chi connectivity index (χ0) is 102. The van der Waals surface area contributed by atoms with E-state index in [2.05, 4.69) is 245 Å². The second kappa shape index (κ2) is 83.5. The number of hydrogen-bond acceptors (Lipinski definition) is 12. The van der Waals surface area contributed by atoms with Gasteiger partial charge in [-0.05, 0) is 307 Å². The first-order chi connectivity index (χ1) is 64.2. The largest absolute Gasteiger partial charge is 0.381 e. The molecule has 0 aromatic carbocycles. The third kappa shape index (κ3) is 73.2. The topological polar surface area (TPSA) is 56.9 Å². The van der Waals surface area contributed by atoms with Crippen LogP contribution in [0.5, 0.6) is 0 Å². The number of likely N-dealkylation sites (tertiary alicyclic amines) is 7. The van der Waals surface area contributed by atoms with E-state index in [1.54, 1.807) is 6.92 Å². The summed E-state index contributed by atoms with van der Waals surface area (Å²) in [5.41, 5.74) is -0.0935.